The maximum atomic E-state index is 12.2. The first-order valence-electron chi connectivity index (χ1n) is 17.1. The topological polar surface area (TPSA) is 112 Å². The van der Waals surface area contributed by atoms with Gasteiger partial charge in [-0.2, -0.15) is 15.1 Å². The highest BCUT2D eigenvalue weighted by molar-refractivity contribution is 6.35. The summed E-state index contributed by atoms with van der Waals surface area (Å²) in [5.41, 5.74) is 3.74. The predicted molar refractivity (Wildman–Crippen MR) is 182 cm³/mol. The van der Waals surface area contributed by atoms with Crippen molar-refractivity contribution < 1.29 is 19.4 Å². The van der Waals surface area contributed by atoms with Crippen LogP contribution in [0.25, 0.3) is 10.9 Å². The molecule has 1 aromatic carbocycles. The highest BCUT2D eigenvalue weighted by atomic mass is 35.5. The van der Waals surface area contributed by atoms with E-state index < -0.39 is 6.09 Å². The van der Waals surface area contributed by atoms with Crippen LogP contribution in [0.1, 0.15) is 70.4 Å². The van der Waals surface area contributed by atoms with Crippen molar-refractivity contribution in [2.75, 3.05) is 62.8 Å². The number of aromatic nitrogens is 4. The zero-order chi connectivity index (χ0) is 32.9. The number of amides is 1. The maximum absolute atomic E-state index is 12.2. The maximum Gasteiger partial charge on any atom is 0.407 e. The molecule has 3 atom stereocenters. The van der Waals surface area contributed by atoms with Crippen molar-refractivity contribution in [1.29, 1.82) is 0 Å². The van der Waals surface area contributed by atoms with E-state index in [0.717, 1.165) is 91.9 Å². The number of carbonyl (C=O) groups is 1. The highest BCUT2D eigenvalue weighted by Crippen LogP contribution is 2.40. The van der Waals surface area contributed by atoms with Crippen LogP contribution in [-0.2, 0) is 17.7 Å². The summed E-state index contributed by atoms with van der Waals surface area (Å²) in [7, 11) is 2.14. The van der Waals surface area contributed by atoms with Crippen LogP contribution >= 0.6 is 11.6 Å². The minimum absolute atomic E-state index is 0.0650. The number of hydrogen-bond donors (Lipinski definition) is 1. The molecule has 254 valence electrons. The van der Waals surface area contributed by atoms with Gasteiger partial charge in [0, 0.05) is 49.8 Å². The van der Waals surface area contributed by atoms with E-state index in [1.165, 1.54) is 0 Å². The molecule has 4 aliphatic rings. The predicted octanol–water partition coefficient (Wildman–Crippen LogP) is 5.43. The largest absolute Gasteiger partial charge is 0.465 e. The molecule has 7 rings (SSSR count). The molecular formula is C34H47ClN8O4. The molecule has 6 heterocycles. The van der Waals surface area contributed by atoms with Crippen molar-refractivity contribution in [3.8, 4) is 6.01 Å². The van der Waals surface area contributed by atoms with Gasteiger partial charge in [0.1, 0.15) is 12.4 Å². The average molecular weight is 667 g/mol. The van der Waals surface area contributed by atoms with Crippen LogP contribution in [-0.4, -0.2) is 106 Å². The van der Waals surface area contributed by atoms with Gasteiger partial charge in [-0.25, -0.2) is 9.48 Å². The van der Waals surface area contributed by atoms with Gasteiger partial charge in [0.15, 0.2) is 6.23 Å². The Kier molecular flexibility index (Phi) is 8.86. The molecule has 2 aromatic heterocycles. The monoisotopic (exact) mass is 666 g/mol. The van der Waals surface area contributed by atoms with Crippen molar-refractivity contribution in [2.24, 2.45) is 5.41 Å². The lowest BCUT2D eigenvalue weighted by molar-refractivity contribution is -0.0366. The van der Waals surface area contributed by atoms with Gasteiger partial charge >= 0.3 is 12.1 Å². The van der Waals surface area contributed by atoms with Crippen LogP contribution < -0.4 is 14.5 Å². The Bertz CT molecular complexity index is 1620. The van der Waals surface area contributed by atoms with Crippen LogP contribution in [0.5, 0.6) is 6.01 Å². The molecule has 0 spiro atoms. The fraction of sp³-hybridized carbons (Fsp3) is 0.647. The number of benzene rings is 1. The number of fused-ring (bicyclic) bond motifs is 2. The Morgan fingerprint density at radius 2 is 1.94 bits per heavy atom. The lowest BCUT2D eigenvalue weighted by atomic mass is 9.84. The molecule has 1 amide bonds. The third kappa shape index (κ3) is 6.31. The van der Waals surface area contributed by atoms with Crippen molar-refractivity contribution >= 4 is 40.1 Å². The number of likely N-dealkylation sites (tertiary alicyclic amines) is 1. The van der Waals surface area contributed by atoms with E-state index in [4.69, 9.17) is 36.1 Å². The van der Waals surface area contributed by atoms with E-state index in [0.29, 0.717) is 49.9 Å². The van der Waals surface area contributed by atoms with Gasteiger partial charge in [0.2, 0.25) is 0 Å². The fourth-order valence-electron chi connectivity index (χ4n) is 7.76. The molecule has 3 saturated heterocycles. The van der Waals surface area contributed by atoms with Gasteiger partial charge in [-0.15, -0.1) is 0 Å². The molecule has 0 bridgehead atoms. The second kappa shape index (κ2) is 12.9. The molecule has 4 aliphatic heterocycles. The zero-order valence-electron chi connectivity index (χ0n) is 28.0. The summed E-state index contributed by atoms with van der Waals surface area (Å²) in [6, 6.07) is 4.53. The van der Waals surface area contributed by atoms with Crippen LogP contribution in [0.3, 0.4) is 0 Å². The Morgan fingerprint density at radius 3 is 2.66 bits per heavy atom. The number of halogens is 1. The summed E-state index contributed by atoms with van der Waals surface area (Å²) in [5, 5.41) is 16.4. The summed E-state index contributed by atoms with van der Waals surface area (Å²) >= 11 is 6.94. The van der Waals surface area contributed by atoms with Gasteiger partial charge in [-0.05, 0) is 69.7 Å². The second-order valence-corrected chi connectivity index (χ2v) is 15.0. The Balaban J connectivity index is 1.23. The molecule has 2 unspecified atom stereocenters. The first-order valence-corrected chi connectivity index (χ1v) is 17.5. The van der Waals surface area contributed by atoms with E-state index in [-0.39, 0.29) is 17.7 Å². The summed E-state index contributed by atoms with van der Waals surface area (Å²) in [4.78, 5) is 30.7. The van der Waals surface area contributed by atoms with Gasteiger partial charge in [0.05, 0.1) is 40.7 Å². The molecular weight excluding hydrogens is 620 g/mol. The Labute approximate surface area is 281 Å². The summed E-state index contributed by atoms with van der Waals surface area (Å²) in [5.74, 6) is 0.857. The minimum atomic E-state index is -0.876. The highest BCUT2D eigenvalue weighted by Gasteiger charge is 2.40. The summed E-state index contributed by atoms with van der Waals surface area (Å²) < 4.78 is 14.4. The van der Waals surface area contributed by atoms with Crippen molar-refractivity contribution in [2.45, 2.75) is 84.2 Å². The third-order valence-electron chi connectivity index (χ3n) is 10.5. The lowest BCUT2D eigenvalue weighted by Gasteiger charge is -2.47. The number of hydrogen-bond acceptors (Lipinski definition) is 9. The first kappa shape index (κ1) is 32.2. The van der Waals surface area contributed by atoms with E-state index in [1.807, 2.05) is 23.0 Å². The number of likely N-dealkylation sites (N-methyl/N-ethyl adjacent to an activating group) is 1. The van der Waals surface area contributed by atoms with Crippen LogP contribution in [0.4, 0.5) is 16.3 Å². The molecule has 12 nitrogen and oxygen atoms in total. The van der Waals surface area contributed by atoms with Gasteiger partial charge in [0.25, 0.3) is 0 Å². The average Bonchev–Trinajstić information content (AvgIpc) is 3.68. The fourth-order valence-corrected chi connectivity index (χ4v) is 8.04. The van der Waals surface area contributed by atoms with Crippen molar-refractivity contribution in [1.82, 2.24) is 29.5 Å². The van der Waals surface area contributed by atoms with Crippen molar-refractivity contribution in [3.05, 3.63) is 34.6 Å². The van der Waals surface area contributed by atoms with Crippen LogP contribution in [0, 0.1) is 5.41 Å². The molecule has 47 heavy (non-hydrogen) atoms. The smallest absolute Gasteiger partial charge is 0.407 e. The molecule has 13 heteroatoms. The number of ether oxygens (including phenoxy) is 2. The lowest BCUT2D eigenvalue weighted by Crippen LogP contribution is -2.60. The third-order valence-corrected chi connectivity index (χ3v) is 10.8. The van der Waals surface area contributed by atoms with Crippen molar-refractivity contribution in [3.63, 3.8) is 0 Å². The number of piperazine rings is 1. The number of carboxylic acid groups (broad SMARTS) is 1. The molecule has 0 saturated carbocycles. The summed E-state index contributed by atoms with van der Waals surface area (Å²) in [6.07, 6.45) is 7.10. The SMILES string of the molecule is CN1CCC[C@H]1COc1nc2c(c(N3CCN(C(=O)O)C(C(C)(C)C)C3)n1)CCN(c1c(Cl)ccc3c1cnn3C1CCCCO1)C2. The van der Waals surface area contributed by atoms with Crippen LogP contribution in [0.15, 0.2) is 18.3 Å². The quantitative estimate of drug-likeness (QED) is 0.366. The summed E-state index contributed by atoms with van der Waals surface area (Å²) in [6.45, 7) is 11.5. The molecule has 1 N–H and O–H groups in total. The zero-order valence-corrected chi connectivity index (χ0v) is 28.7. The molecule has 0 radical (unpaired) electrons. The molecule has 0 aliphatic carbocycles. The minimum Gasteiger partial charge on any atom is -0.465 e. The van der Waals surface area contributed by atoms with Crippen LogP contribution in [0.2, 0.25) is 5.02 Å². The van der Waals surface area contributed by atoms with E-state index in [1.54, 1.807) is 4.90 Å². The van der Waals surface area contributed by atoms with E-state index in [2.05, 4.69) is 42.5 Å². The number of rotatable bonds is 6. The number of nitrogens with zero attached hydrogens (tertiary/aromatic N) is 8. The standard InChI is InChI=1S/C34H47ClN8O4/c1-34(2,3)28-20-41(15-16-42(28)33(44)45)31-23-12-14-40(19-26(23)37-32(38-31)47-21-22-8-7-13-39(22)4)30-24-18-36-43(27(24)11-10-25(30)35)29-9-5-6-17-46-29/h10-11,18,22,28-29H,5-9,12-17,19-21H2,1-4H3,(H,44,45)/t22-,28?,29?/m0/s1. The Hall–Kier alpha value is -3.35. The van der Waals surface area contributed by atoms with E-state index in [9.17, 15) is 9.90 Å². The first-order chi connectivity index (χ1) is 22.6. The second-order valence-electron chi connectivity index (χ2n) is 14.6. The van der Waals surface area contributed by atoms with Gasteiger partial charge in [-0.3, -0.25) is 0 Å². The normalized spacial score (nSPS) is 24.2. The Morgan fingerprint density at radius 1 is 1.09 bits per heavy atom. The molecule has 3 fully saturated rings. The van der Waals surface area contributed by atoms with E-state index >= 15 is 0 Å². The molecule has 3 aromatic rings. The number of anilines is 2. The van der Waals surface area contributed by atoms with Gasteiger partial charge < -0.3 is 34.2 Å². The van der Waals surface area contributed by atoms with Gasteiger partial charge in [-0.1, -0.05) is 32.4 Å².